The highest BCUT2D eigenvalue weighted by atomic mass is 16.5. The van der Waals surface area contributed by atoms with Gasteiger partial charge in [-0.2, -0.15) is 0 Å². The van der Waals surface area contributed by atoms with Gasteiger partial charge in [-0.3, -0.25) is 9.59 Å². The van der Waals surface area contributed by atoms with Gasteiger partial charge in [-0.05, 0) is 42.0 Å². The van der Waals surface area contributed by atoms with E-state index in [2.05, 4.69) is 34.9 Å². The molecule has 4 rings (SSSR count). The van der Waals surface area contributed by atoms with Crippen molar-refractivity contribution in [3.8, 4) is 11.1 Å². The third kappa shape index (κ3) is 5.41. The van der Waals surface area contributed by atoms with Crippen LogP contribution in [0.15, 0.2) is 48.5 Å². The maximum Gasteiger partial charge on any atom is 0.407 e. The Labute approximate surface area is 199 Å². The third-order valence-corrected chi connectivity index (χ3v) is 6.91. The number of ether oxygens (including phenoxy) is 1. The molecule has 2 aromatic carbocycles. The van der Waals surface area contributed by atoms with Gasteiger partial charge >= 0.3 is 12.1 Å². The molecule has 2 aliphatic carbocycles. The smallest absolute Gasteiger partial charge is 0.407 e. The lowest BCUT2D eigenvalue weighted by Gasteiger charge is -2.37. The third-order valence-electron chi connectivity index (χ3n) is 6.91. The van der Waals surface area contributed by atoms with E-state index in [9.17, 15) is 14.4 Å². The second-order valence-corrected chi connectivity index (χ2v) is 9.53. The van der Waals surface area contributed by atoms with Crippen LogP contribution in [-0.4, -0.2) is 41.3 Å². The van der Waals surface area contributed by atoms with Gasteiger partial charge < -0.3 is 20.5 Å². The number of hydrogen-bond acceptors (Lipinski definition) is 4. The molecule has 0 aromatic heterocycles. The summed E-state index contributed by atoms with van der Waals surface area (Å²) in [7, 11) is 0. The zero-order valence-electron chi connectivity index (χ0n) is 19.5. The number of alkyl carbamates (subject to hydrolysis) is 1. The number of aliphatic carboxylic acids is 1. The van der Waals surface area contributed by atoms with Crippen LogP contribution in [0.4, 0.5) is 4.79 Å². The number of carbonyl (C=O) groups excluding carboxylic acids is 2. The number of benzene rings is 2. The van der Waals surface area contributed by atoms with Gasteiger partial charge in [0, 0.05) is 18.4 Å². The van der Waals surface area contributed by atoms with Crippen molar-refractivity contribution in [1.29, 1.82) is 0 Å². The van der Waals surface area contributed by atoms with Crippen LogP contribution in [0, 0.1) is 0 Å². The molecule has 0 heterocycles. The molecule has 1 saturated carbocycles. The molecule has 0 aliphatic heterocycles. The normalized spacial score (nSPS) is 17.2. The summed E-state index contributed by atoms with van der Waals surface area (Å²) in [5.74, 6) is -1.24. The molecule has 0 radical (unpaired) electrons. The Morgan fingerprint density at radius 1 is 1.00 bits per heavy atom. The molecule has 0 bridgehead atoms. The molecule has 180 valence electrons. The van der Waals surface area contributed by atoms with Crippen LogP contribution in [0.5, 0.6) is 0 Å². The Kier molecular flexibility index (Phi) is 7.20. The summed E-state index contributed by atoms with van der Waals surface area (Å²) < 4.78 is 5.72. The van der Waals surface area contributed by atoms with E-state index >= 15 is 0 Å². The van der Waals surface area contributed by atoms with Gasteiger partial charge in [0.25, 0.3) is 0 Å². The molecule has 1 fully saturated rings. The van der Waals surface area contributed by atoms with Gasteiger partial charge in [0.05, 0.1) is 12.0 Å². The molecule has 7 heteroatoms. The highest BCUT2D eigenvalue weighted by Crippen LogP contribution is 2.44. The van der Waals surface area contributed by atoms with Crippen molar-refractivity contribution in [2.45, 2.75) is 69.4 Å². The minimum absolute atomic E-state index is 0.0272. The SMILES string of the molecule is C[C@H](CC(=O)O)NC(=O)CC1(NC(=O)OCC2c3ccccc3-c3ccccc32)CCCCC1. The van der Waals surface area contributed by atoms with Crippen molar-refractivity contribution < 1.29 is 24.2 Å². The van der Waals surface area contributed by atoms with Gasteiger partial charge in [-0.25, -0.2) is 4.79 Å². The van der Waals surface area contributed by atoms with E-state index in [1.807, 2.05) is 24.3 Å². The largest absolute Gasteiger partial charge is 0.481 e. The maximum atomic E-state index is 12.9. The second-order valence-electron chi connectivity index (χ2n) is 9.53. The van der Waals surface area contributed by atoms with Crippen molar-refractivity contribution in [3.63, 3.8) is 0 Å². The molecule has 1 atom stereocenters. The average Bonchev–Trinajstić information content (AvgIpc) is 3.11. The lowest BCUT2D eigenvalue weighted by Crippen LogP contribution is -2.53. The molecule has 7 nitrogen and oxygen atoms in total. The number of amides is 2. The molecule has 2 aromatic rings. The number of fused-ring (bicyclic) bond motifs is 3. The average molecular weight is 465 g/mol. The molecule has 0 saturated heterocycles. The maximum absolute atomic E-state index is 12.9. The highest BCUT2D eigenvalue weighted by molar-refractivity contribution is 5.80. The molecule has 3 N–H and O–H groups in total. The van der Waals surface area contributed by atoms with E-state index in [0.717, 1.165) is 30.4 Å². The number of rotatable bonds is 8. The monoisotopic (exact) mass is 464 g/mol. The fraction of sp³-hybridized carbons (Fsp3) is 0.444. The quantitative estimate of drug-likeness (QED) is 0.530. The molecule has 2 amide bonds. The van der Waals surface area contributed by atoms with E-state index in [0.29, 0.717) is 12.8 Å². The van der Waals surface area contributed by atoms with Crippen molar-refractivity contribution in [1.82, 2.24) is 10.6 Å². The molecule has 2 aliphatic rings. The number of carboxylic acid groups (broad SMARTS) is 1. The lowest BCUT2D eigenvalue weighted by atomic mass is 9.79. The highest BCUT2D eigenvalue weighted by Gasteiger charge is 2.37. The summed E-state index contributed by atoms with van der Waals surface area (Å²) in [4.78, 5) is 36.4. The van der Waals surface area contributed by atoms with Gasteiger partial charge in [0.2, 0.25) is 5.91 Å². The molecular formula is C27H32N2O5. The molecule has 34 heavy (non-hydrogen) atoms. The number of hydrogen-bond donors (Lipinski definition) is 3. The fourth-order valence-corrected chi connectivity index (χ4v) is 5.37. The standard InChI is InChI=1S/C27H32N2O5/c1-18(15-25(31)32)28-24(30)16-27(13-7-2-8-14-27)29-26(33)34-17-23-21-11-5-3-9-19(21)20-10-4-6-12-22(20)23/h3-6,9-12,18,23H,2,7-8,13-17H2,1H3,(H,28,30)(H,29,33)(H,31,32)/t18-/m1/s1. The number of nitrogens with one attached hydrogen (secondary N) is 2. The van der Waals surface area contributed by atoms with Crippen LogP contribution in [0.25, 0.3) is 11.1 Å². The lowest BCUT2D eigenvalue weighted by molar-refractivity contribution is -0.137. The summed E-state index contributed by atoms with van der Waals surface area (Å²) in [6, 6.07) is 15.9. The van der Waals surface area contributed by atoms with Crippen LogP contribution in [0.3, 0.4) is 0 Å². The Bertz CT molecular complexity index is 1010. The summed E-state index contributed by atoms with van der Waals surface area (Å²) in [6.45, 7) is 1.89. The van der Waals surface area contributed by atoms with E-state index in [-0.39, 0.29) is 31.3 Å². The predicted octanol–water partition coefficient (Wildman–Crippen LogP) is 4.60. The predicted molar refractivity (Wildman–Crippen MR) is 128 cm³/mol. The van der Waals surface area contributed by atoms with E-state index < -0.39 is 23.6 Å². The van der Waals surface area contributed by atoms with Crippen LogP contribution in [0.2, 0.25) is 0 Å². The first-order chi connectivity index (χ1) is 16.4. The van der Waals surface area contributed by atoms with Crippen LogP contribution < -0.4 is 10.6 Å². The summed E-state index contributed by atoms with van der Waals surface area (Å²) >= 11 is 0. The van der Waals surface area contributed by atoms with Gasteiger partial charge in [-0.1, -0.05) is 67.8 Å². The van der Waals surface area contributed by atoms with Crippen LogP contribution in [-0.2, 0) is 14.3 Å². The number of carboxylic acids is 1. The molecule has 0 spiro atoms. The second kappa shape index (κ2) is 10.3. The Morgan fingerprint density at radius 2 is 1.59 bits per heavy atom. The van der Waals surface area contributed by atoms with Gasteiger partial charge in [-0.15, -0.1) is 0 Å². The van der Waals surface area contributed by atoms with E-state index in [1.54, 1.807) is 6.92 Å². The Balaban J connectivity index is 1.40. The van der Waals surface area contributed by atoms with Crippen LogP contribution in [0.1, 0.15) is 68.9 Å². The molecule has 0 unspecified atom stereocenters. The minimum Gasteiger partial charge on any atom is -0.481 e. The van der Waals surface area contributed by atoms with Crippen molar-refractivity contribution in [2.75, 3.05) is 6.61 Å². The number of carbonyl (C=O) groups is 3. The molecular weight excluding hydrogens is 432 g/mol. The van der Waals surface area contributed by atoms with E-state index in [1.165, 1.54) is 11.1 Å². The summed E-state index contributed by atoms with van der Waals surface area (Å²) in [5.41, 5.74) is 3.96. The minimum atomic E-state index is -0.961. The Morgan fingerprint density at radius 3 is 2.18 bits per heavy atom. The van der Waals surface area contributed by atoms with Crippen molar-refractivity contribution in [3.05, 3.63) is 59.7 Å². The zero-order valence-corrected chi connectivity index (χ0v) is 19.5. The first kappa shape index (κ1) is 23.8. The summed E-state index contributed by atoms with van der Waals surface area (Å²) in [5, 5.41) is 14.7. The van der Waals surface area contributed by atoms with Crippen molar-refractivity contribution in [2.24, 2.45) is 0 Å². The zero-order chi connectivity index (χ0) is 24.1. The van der Waals surface area contributed by atoms with Gasteiger partial charge in [0.1, 0.15) is 6.61 Å². The first-order valence-electron chi connectivity index (χ1n) is 12.0. The van der Waals surface area contributed by atoms with Gasteiger partial charge in [0.15, 0.2) is 0 Å². The fourth-order valence-electron chi connectivity index (χ4n) is 5.37. The Hall–Kier alpha value is -3.35. The van der Waals surface area contributed by atoms with Crippen molar-refractivity contribution >= 4 is 18.0 Å². The first-order valence-corrected chi connectivity index (χ1v) is 12.0. The van der Waals surface area contributed by atoms with E-state index in [4.69, 9.17) is 9.84 Å². The van der Waals surface area contributed by atoms with Crippen LogP contribution >= 0.6 is 0 Å². The summed E-state index contributed by atoms with van der Waals surface area (Å²) in [6.07, 6.45) is 3.74. The topological polar surface area (TPSA) is 105 Å².